The van der Waals surface area contributed by atoms with E-state index in [-0.39, 0.29) is 12.0 Å². The van der Waals surface area contributed by atoms with Gasteiger partial charge in [0.05, 0.1) is 25.4 Å². The van der Waals surface area contributed by atoms with E-state index in [1.165, 1.54) is 7.11 Å². The average Bonchev–Trinajstić information content (AvgIpc) is 2.58. The zero-order chi connectivity index (χ0) is 17.6. The van der Waals surface area contributed by atoms with E-state index in [0.29, 0.717) is 24.5 Å². The molecule has 5 heteroatoms. The monoisotopic (exact) mass is 334 g/mol. The summed E-state index contributed by atoms with van der Waals surface area (Å²) >= 11 is 0. The minimum atomic E-state index is -0.599. The van der Waals surface area contributed by atoms with Gasteiger partial charge in [-0.1, -0.05) is 25.1 Å². The molecule has 0 unspecified atom stereocenters. The Morgan fingerprint density at radius 2 is 2.04 bits per heavy atom. The molecule has 1 aliphatic heterocycles. The predicted molar refractivity (Wildman–Crippen MR) is 90.3 cm³/mol. The molecule has 0 amide bonds. The highest BCUT2D eigenvalue weighted by atomic mass is 16.7. The lowest BCUT2D eigenvalue weighted by molar-refractivity contribution is -0.292. The van der Waals surface area contributed by atoms with Crippen molar-refractivity contribution in [3.63, 3.8) is 0 Å². The Kier molecular flexibility index (Phi) is 6.40. The highest BCUT2D eigenvalue weighted by Crippen LogP contribution is 2.30. The second kappa shape index (κ2) is 8.31. The van der Waals surface area contributed by atoms with Crippen molar-refractivity contribution >= 4 is 5.97 Å². The van der Waals surface area contributed by atoms with Crippen LogP contribution < -0.4 is 0 Å². The molecular formula is C19H26O5. The SMILES string of the molecule is CC[C@@H]1COC(C)(C)O[C@H]1C/C=C(\OC)OC(=O)c1ccccc1. The first-order chi connectivity index (χ1) is 11.4. The van der Waals surface area contributed by atoms with Crippen LogP contribution in [0.5, 0.6) is 0 Å². The van der Waals surface area contributed by atoms with E-state index in [9.17, 15) is 4.79 Å². The van der Waals surface area contributed by atoms with Gasteiger partial charge in [0.1, 0.15) is 0 Å². The van der Waals surface area contributed by atoms with Gasteiger partial charge in [-0.3, -0.25) is 0 Å². The van der Waals surface area contributed by atoms with Crippen LogP contribution in [0, 0.1) is 5.92 Å². The van der Waals surface area contributed by atoms with Crippen molar-refractivity contribution in [2.45, 2.75) is 45.5 Å². The molecule has 1 aromatic rings. The molecule has 0 aromatic heterocycles. The van der Waals surface area contributed by atoms with Gasteiger partial charge in [-0.2, -0.15) is 0 Å². The van der Waals surface area contributed by atoms with Crippen molar-refractivity contribution in [3.8, 4) is 0 Å². The maximum Gasteiger partial charge on any atom is 0.345 e. The summed E-state index contributed by atoms with van der Waals surface area (Å²) in [7, 11) is 1.48. The molecule has 24 heavy (non-hydrogen) atoms. The molecule has 2 rings (SSSR count). The van der Waals surface area contributed by atoms with Crippen molar-refractivity contribution in [3.05, 3.63) is 47.9 Å². The lowest BCUT2D eigenvalue weighted by Crippen LogP contribution is -2.45. The average molecular weight is 334 g/mol. The fourth-order valence-corrected chi connectivity index (χ4v) is 2.63. The summed E-state index contributed by atoms with van der Waals surface area (Å²) in [5.74, 6) is -0.550. The third-order valence-electron chi connectivity index (χ3n) is 4.05. The van der Waals surface area contributed by atoms with Crippen molar-refractivity contribution in [1.82, 2.24) is 0 Å². The molecule has 0 bridgehead atoms. The lowest BCUT2D eigenvalue weighted by atomic mass is 9.96. The zero-order valence-electron chi connectivity index (χ0n) is 14.8. The van der Waals surface area contributed by atoms with Crippen LogP contribution in [0.2, 0.25) is 0 Å². The molecule has 1 heterocycles. The fraction of sp³-hybridized carbons (Fsp3) is 0.526. The van der Waals surface area contributed by atoms with E-state index in [2.05, 4.69) is 6.92 Å². The number of hydrogen-bond acceptors (Lipinski definition) is 5. The third-order valence-corrected chi connectivity index (χ3v) is 4.05. The van der Waals surface area contributed by atoms with Crippen LogP contribution in [0.25, 0.3) is 0 Å². The summed E-state index contributed by atoms with van der Waals surface area (Å²) < 4.78 is 22.2. The Bertz CT molecular complexity index is 564. The first kappa shape index (κ1) is 18.5. The van der Waals surface area contributed by atoms with E-state index in [0.717, 1.165) is 6.42 Å². The summed E-state index contributed by atoms with van der Waals surface area (Å²) in [6.07, 6.45) is 3.31. The van der Waals surface area contributed by atoms with Crippen molar-refractivity contribution in [2.24, 2.45) is 5.92 Å². The predicted octanol–water partition coefficient (Wildman–Crippen LogP) is 3.90. The smallest absolute Gasteiger partial charge is 0.345 e. The van der Waals surface area contributed by atoms with E-state index in [1.807, 2.05) is 19.9 Å². The summed E-state index contributed by atoms with van der Waals surface area (Å²) in [6.45, 7) is 6.58. The fourth-order valence-electron chi connectivity index (χ4n) is 2.63. The van der Waals surface area contributed by atoms with Gasteiger partial charge < -0.3 is 18.9 Å². The van der Waals surface area contributed by atoms with Crippen LogP contribution in [0.3, 0.4) is 0 Å². The molecule has 1 aliphatic rings. The largest absolute Gasteiger partial charge is 0.469 e. The highest BCUT2D eigenvalue weighted by Gasteiger charge is 2.35. The Morgan fingerprint density at radius 1 is 1.33 bits per heavy atom. The van der Waals surface area contributed by atoms with Gasteiger partial charge >= 0.3 is 5.97 Å². The number of methoxy groups -OCH3 is 1. The first-order valence-corrected chi connectivity index (χ1v) is 8.28. The van der Waals surface area contributed by atoms with Crippen LogP contribution in [0.4, 0.5) is 0 Å². The van der Waals surface area contributed by atoms with E-state index in [1.54, 1.807) is 30.3 Å². The number of carbonyl (C=O) groups excluding carboxylic acids is 1. The highest BCUT2D eigenvalue weighted by molar-refractivity contribution is 5.89. The van der Waals surface area contributed by atoms with E-state index in [4.69, 9.17) is 18.9 Å². The molecule has 0 saturated carbocycles. The maximum absolute atomic E-state index is 12.1. The number of ether oxygens (including phenoxy) is 4. The van der Waals surface area contributed by atoms with E-state index >= 15 is 0 Å². The van der Waals surface area contributed by atoms with Gasteiger partial charge in [0, 0.05) is 5.92 Å². The van der Waals surface area contributed by atoms with Crippen molar-refractivity contribution in [2.75, 3.05) is 13.7 Å². The Hall–Kier alpha value is -1.85. The molecule has 1 aromatic carbocycles. The molecule has 0 radical (unpaired) electrons. The molecule has 0 aliphatic carbocycles. The van der Waals surface area contributed by atoms with Crippen molar-refractivity contribution in [1.29, 1.82) is 0 Å². The van der Waals surface area contributed by atoms with Gasteiger partial charge in [0.2, 0.25) is 0 Å². The second-order valence-electron chi connectivity index (χ2n) is 6.25. The Labute approximate surface area is 143 Å². The third kappa shape index (κ3) is 5.08. The summed E-state index contributed by atoms with van der Waals surface area (Å²) in [6, 6.07) is 8.83. The van der Waals surface area contributed by atoms with Gasteiger partial charge in [-0.25, -0.2) is 4.79 Å². The van der Waals surface area contributed by atoms with Gasteiger partial charge in [0.25, 0.3) is 5.95 Å². The number of carbonyl (C=O) groups is 1. The molecule has 1 fully saturated rings. The molecule has 0 spiro atoms. The normalized spacial score (nSPS) is 23.6. The molecule has 0 N–H and O–H groups in total. The molecule has 132 valence electrons. The van der Waals surface area contributed by atoms with Gasteiger partial charge in [-0.15, -0.1) is 0 Å². The van der Waals surface area contributed by atoms with Crippen LogP contribution >= 0.6 is 0 Å². The van der Waals surface area contributed by atoms with Gasteiger partial charge in [0.15, 0.2) is 5.79 Å². The number of hydrogen-bond donors (Lipinski definition) is 0. The summed E-state index contributed by atoms with van der Waals surface area (Å²) in [5.41, 5.74) is 0.482. The number of rotatable bonds is 6. The topological polar surface area (TPSA) is 54.0 Å². The summed E-state index contributed by atoms with van der Waals surface area (Å²) in [5, 5.41) is 0. The Morgan fingerprint density at radius 3 is 2.67 bits per heavy atom. The molecule has 5 nitrogen and oxygen atoms in total. The molecule has 2 atom stereocenters. The van der Waals surface area contributed by atoms with E-state index < -0.39 is 11.8 Å². The molecular weight excluding hydrogens is 308 g/mol. The zero-order valence-corrected chi connectivity index (χ0v) is 14.8. The standard InChI is InChI=1S/C19H26O5/c1-5-14-13-22-19(2,3)24-16(14)11-12-17(21-4)23-18(20)15-9-7-6-8-10-15/h6-10,12,14,16H,5,11,13H2,1-4H3/b17-12+/t14-,16+/m1/s1. The number of benzene rings is 1. The lowest BCUT2D eigenvalue weighted by Gasteiger charge is -2.40. The maximum atomic E-state index is 12.1. The van der Waals surface area contributed by atoms with Crippen LogP contribution in [0.1, 0.15) is 44.0 Å². The Balaban J connectivity index is 2.00. The second-order valence-corrected chi connectivity index (χ2v) is 6.25. The van der Waals surface area contributed by atoms with Crippen LogP contribution in [-0.4, -0.2) is 31.6 Å². The van der Waals surface area contributed by atoms with Gasteiger partial charge in [-0.05, 0) is 44.9 Å². The quantitative estimate of drug-likeness (QED) is 0.583. The molecule has 1 saturated heterocycles. The number of esters is 1. The summed E-state index contributed by atoms with van der Waals surface area (Å²) in [4.78, 5) is 12.1. The minimum Gasteiger partial charge on any atom is -0.469 e. The van der Waals surface area contributed by atoms with Crippen molar-refractivity contribution < 1.29 is 23.7 Å². The first-order valence-electron chi connectivity index (χ1n) is 8.28. The van der Waals surface area contributed by atoms with Crippen LogP contribution in [-0.2, 0) is 18.9 Å². The minimum absolute atomic E-state index is 0.000623. The van der Waals surface area contributed by atoms with Crippen LogP contribution in [0.15, 0.2) is 42.4 Å².